The number of nitrogens with one attached hydrogen (secondary N) is 3. The fraction of sp³-hybridized carbons (Fsp3) is 0.240. The topological polar surface area (TPSA) is 141 Å². The third kappa shape index (κ3) is 5.69. The summed E-state index contributed by atoms with van der Waals surface area (Å²) in [4.78, 5) is 44.2. The molecule has 208 valence electrons. The predicted molar refractivity (Wildman–Crippen MR) is 142 cm³/mol. The minimum Gasteiger partial charge on any atom is -0.480 e. The molecular formula is C25H23F2N7O5S. The fourth-order valence-corrected chi connectivity index (χ4v) is 5.00. The van der Waals surface area contributed by atoms with Gasteiger partial charge in [0.2, 0.25) is 5.88 Å². The van der Waals surface area contributed by atoms with Gasteiger partial charge >= 0.3 is 11.7 Å². The Morgan fingerprint density at radius 1 is 1.10 bits per heavy atom. The molecule has 0 atom stereocenters. The van der Waals surface area contributed by atoms with Crippen molar-refractivity contribution < 1.29 is 23.1 Å². The number of urea groups is 1. The van der Waals surface area contributed by atoms with Crippen molar-refractivity contribution in [1.29, 1.82) is 0 Å². The molecule has 0 fully saturated rings. The van der Waals surface area contributed by atoms with Gasteiger partial charge in [0.1, 0.15) is 16.5 Å². The molecule has 0 unspecified atom stereocenters. The molecular weight excluding hydrogens is 548 g/mol. The zero-order chi connectivity index (χ0) is 28.8. The molecule has 3 heterocycles. The van der Waals surface area contributed by atoms with Gasteiger partial charge in [-0.25, -0.2) is 28.4 Å². The number of thiophene rings is 1. The summed E-state index contributed by atoms with van der Waals surface area (Å²) in [5, 5.41) is 13.3. The van der Waals surface area contributed by atoms with E-state index in [-0.39, 0.29) is 40.6 Å². The highest BCUT2D eigenvalue weighted by Gasteiger charge is 2.24. The zero-order valence-electron chi connectivity index (χ0n) is 21.5. The summed E-state index contributed by atoms with van der Waals surface area (Å²) in [7, 11) is 4.33. The van der Waals surface area contributed by atoms with Crippen molar-refractivity contribution in [1.82, 2.24) is 35.4 Å². The van der Waals surface area contributed by atoms with Crippen molar-refractivity contribution in [2.75, 3.05) is 27.8 Å². The second-order valence-electron chi connectivity index (χ2n) is 8.05. The standard InChI is InChI=1S/C25H23F2N7O5S/c1-28-12-14-18(8-5-11-29-24(36)32-39-3)40-23-21(14)22(35)34(19-9-10-20(38-2)31-30-19)25(37)33(23)13-15-16(26)6-4-7-17(15)27/h4,6-7,9-10,28H,11-13H2,1-3H3,(H2,29,32,36). The lowest BCUT2D eigenvalue weighted by molar-refractivity contribution is 0.108. The average Bonchev–Trinajstić information content (AvgIpc) is 3.29. The summed E-state index contributed by atoms with van der Waals surface area (Å²) in [5.41, 5.74) is 0.599. The number of nitrogens with zero attached hydrogens (tertiary/aromatic N) is 4. The molecule has 0 aliphatic rings. The van der Waals surface area contributed by atoms with E-state index < -0.39 is 35.5 Å². The van der Waals surface area contributed by atoms with E-state index in [0.29, 0.717) is 10.4 Å². The van der Waals surface area contributed by atoms with Crippen molar-refractivity contribution in [3.8, 4) is 23.5 Å². The number of aromatic nitrogens is 4. The van der Waals surface area contributed by atoms with Crippen molar-refractivity contribution in [2.24, 2.45) is 0 Å². The molecule has 4 aromatic rings. The maximum Gasteiger partial charge on any atom is 0.339 e. The molecule has 1 aromatic carbocycles. The second-order valence-corrected chi connectivity index (χ2v) is 9.05. The Labute approximate surface area is 229 Å². The van der Waals surface area contributed by atoms with Crippen LogP contribution < -0.4 is 32.1 Å². The van der Waals surface area contributed by atoms with Crippen molar-refractivity contribution in [3.63, 3.8) is 0 Å². The number of benzene rings is 1. The average molecular weight is 572 g/mol. The normalized spacial score (nSPS) is 10.7. The van der Waals surface area contributed by atoms with Gasteiger partial charge in [-0.15, -0.1) is 21.5 Å². The smallest absolute Gasteiger partial charge is 0.339 e. The van der Waals surface area contributed by atoms with Gasteiger partial charge in [-0.05, 0) is 25.2 Å². The third-order valence-corrected chi connectivity index (χ3v) is 6.77. The van der Waals surface area contributed by atoms with E-state index in [2.05, 4.69) is 43.0 Å². The maximum atomic E-state index is 14.6. The number of fused-ring (bicyclic) bond motifs is 1. The van der Waals surface area contributed by atoms with E-state index in [9.17, 15) is 23.2 Å². The summed E-state index contributed by atoms with van der Waals surface area (Å²) in [5.74, 6) is 4.04. The van der Waals surface area contributed by atoms with Gasteiger partial charge in [0, 0.05) is 23.7 Å². The number of carbonyl (C=O) groups excluding carboxylic acids is 1. The van der Waals surface area contributed by atoms with E-state index in [1.165, 1.54) is 32.4 Å². The van der Waals surface area contributed by atoms with Crippen LogP contribution in [0.25, 0.3) is 16.0 Å². The highest BCUT2D eigenvalue weighted by molar-refractivity contribution is 7.19. The van der Waals surface area contributed by atoms with Crippen LogP contribution in [0, 0.1) is 23.5 Å². The molecule has 3 aromatic heterocycles. The maximum absolute atomic E-state index is 14.6. The summed E-state index contributed by atoms with van der Waals surface area (Å²) >= 11 is 1.01. The molecule has 0 aliphatic heterocycles. The van der Waals surface area contributed by atoms with Crippen LogP contribution in [0.5, 0.6) is 5.88 Å². The molecule has 12 nitrogen and oxygen atoms in total. The van der Waals surface area contributed by atoms with Gasteiger partial charge in [-0.3, -0.25) is 14.2 Å². The third-order valence-electron chi connectivity index (χ3n) is 5.60. The lowest BCUT2D eigenvalue weighted by atomic mass is 10.1. The van der Waals surface area contributed by atoms with Crippen molar-refractivity contribution >= 4 is 27.6 Å². The lowest BCUT2D eigenvalue weighted by Crippen LogP contribution is -2.39. The number of hydrogen-bond acceptors (Lipinski definition) is 9. The molecule has 0 saturated carbocycles. The van der Waals surface area contributed by atoms with E-state index in [4.69, 9.17) is 4.74 Å². The molecule has 40 heavy (non-hydrogen) atoms. The van der Waals surface area contributed by atoms with Crippen molar-refractivity contribution in [3.05, 3.63) is 78.8 Å². The number of methoxy groups -OCH3 is 1. The summed E-state index contributed by atoms with van der Waals surface area (Å²) < 4.78 is 36.2. The van der Waals surface area contributed by atoms with Gasteiger partial charge in [0.05, 0.1) is 37.6 Å². The Morgan fingerprint density at radius 3 is 2.48 bits per heavy atom. The van der Waals surface area contributed by atoms with Gasteiger partial charge in [-0.2, -0.15) is 0 Å². The number of rotatable bonds is 8. The fourth-order valence-electron chi connectivity index (χ4n) is 3.82. The van der Waals surface area contributed by atoms with Crippen LogP contribution in [0.15, 0.2) is 39.9 Å². The zero-order valence-corrected chi connectivity index (χ0v) is 22.3. The number of amides is 2. The van der Waals surface area contributed by atoms with Crippen molar-refractivity contribution in [2.45, 2.75) is 13.1 Å². The molecule has 0 saturated heterocycles. The number of hydrogen-bond donors (Lipinski definition) is 3. The van der Waals surface area contributed by atoms with E-state index >= 15 is 0 Å². The summed E-state index contributed by atoms with van der Waals surface area (Å²) in [6, 6.07) is 5.56. The Bertz CT molecular complexity index is 1720. The first kappa shape index (κ1) is 28.4. The molecule has 2 amide bonds. The first-order valence-corrected chi connectivity index (χ1v) is 12.4. The SMILES string of the molecule is CNCc1c(C#CCNC(=O)NOC)sc2c1c(=O)n(-c1ccc(OC)nn1)c(=O)n2Cc1c(F)cccc1F. The Morgan fingerprint density at radius 2 is 1.85 bits per heavy atom. The monoisotopic (exact) mass is 571 g/mol. The molecule has 0 spiro atoms. The van der Waals surface area contributed by atoms with E-state index in [1.54, 1.807) is 7.05 Å². The van der Waals surface area contributed by atoms with Gasteiger partial charge in [0.25, 0.3) is 5.56 Å². The predicted octanol–water partition coefficient (Wildman–Crippen LogP) is 1.27. The number of halogens is 2. The van der Waals surface area contributed by atoms with Crippen LogP contribution in [0.4, 0.5) is 13.6 Å². The molecule has 0 bridgehead atoms. The Hall–Kier alpha value is -4.65. The van der Waals surface area contributed by atoms with Crippen LogP contribution in [0.3, 0.4) is 0 Å². The Balaban J connectivity index is 1.97. The van der Waals surface area contributed by atoms with Crippen LogP contribution in [-0.2, 0) is 17.9 Å². The van der Waals surface area contributed by atoms with E-state index in [0.717, 1.165) is 32.6 Å². The van der Waals surface area contributed by atoms with E-state index in [1.807, 2.05) is 0 Å². The van der Waals surface area contributed by atoms with Crippen LogP contribution in [0.2, 0.25) is 0 Å². The van der Waals surface area contributed by atoms with Gasteiger partial charge < -0.3 is 15.4 Å². The molecule has 4 rings (SSSR count). The van der Waals surface area contributed by atoms with Gasteiger partial charge in [0.15, 0.2) is 5.82 Å². The molecule has 15 heteroatoms. The first-order chi connectivity index (χ1) is 19.3. The van der Waals surface area contributed by atoms with Crippen LogP contribution in [0.1, 0.15) is 16.0 Å². The lowest BCUT2D eigenvalue weighted by Gasteiger charge is -2.13. The summed E-state index contributed by atoms with van der Waals surface area (Å²) in [6.07, 6.45) is 0. The molecule has 3 N–H and O–H groups in total. The number of carbonyl (C=O) groups is 1. The second kappa shape index (κ2) is 12.5. The first-order valence-electron chi connectivity index (χ1n) is 11.6. The number of hydroxylamine groups is 1. The highest BCUT2D eigenvalue weighted by atomic mass is 32.1. The minimum atomic E-state index is -0.880. The summed E-state index contributed by atoms with van der Waals surface area (Å²) in [6.45, 7) is -0.387. The van der Waals surface area contributed by atoms with Crippen LogP contribution in [-0.4, -0.2) is 53.2 Å². The minimum absolute atomic E-state index is 0.0542. The van der Waals surface area contributed by atoms with Gasteiger partial charge in [-0.1, -0.05) is 17.9 Å². The largest absolute Gasteiger partial charge is 0.480 e. The van der Waals surface area contributed by atoms with Crippen LogP contribution >= 0.6 is 11.3 Å². The molecule has 0 aliphatic carbocycles. The highest BCUT2D eigenvalue weighted by Crippen LogP contribution is 2.29. The Kier molecular flexibility index (Phi) is 8.84. The number of ether oxygens (including phenoxy) is 1. The molecule has 0 radical (unpaired) electrons. The quantitative estimate of drug-likeness (QED) is 0.212.